The number of nitrogens with zero attached hydrogens (tertiary/aromatic N) is 3. The van der Waals surface area contributed by atoms with Crippen LogP contribution in [0.3, 0.4) is 0 Å². The number of halogens is 1. The SMILES string of the molecule is COCC(Br)CN(C)c1cccc2nccn12. The quantitative estimate of drug-likeness (QED) is 0.793. The maximum atomic E-state index is 5.12. The third kappa shape index (κ3) is 2.79. The molecule has 0 aliphatic rings. The Bertz CT molecular complexity index is 485. The van der Waals surface area contributed by atoms with Crippen molar-refractivity contribution < 1.29 is 4.74 Å². The van der Waals surface area contributed by atoms with Crippen molar-refractivity contribution in [3.8, 4) is 0 Å². The molecule has 17 heavy (non-hydrogen) atoms. The summed E-state index contributed by atoms with van der Waals surface area (Å²) in [4.78, 5) is 6.78. The van der Waals surface area contributed by atoms with Gasteiger partial charge in [0.15, 0.2) is 0 Å². The molecule has 2 heterocycles. The maximum Gasteiger partial charge on any atom is 0.138 e. The van der Waals surface area contributed by atoms with Gasteiger partial charge in [-0.05, 0) is 12.1 Å². The molecule has 5 heteroatoms. The van der Waals surface area contributed by atoms with E-state index < -0.39 is 0 Å². The van der Waals surface area contributed by atoms with Gasteiger partial charge in [-0.2, -0.15) is 0 Å². The number of anilines is 1. The molecular weight excluding hydrogens is 282 g/mol. The van der Waals surface area contributed by atoms with Gasteiger partial charge in [-0.3, -0.25) is 4.40 Å². The molecule has 0 aliphatic carbocycles. The van der Waals surface area contributed by atoms with Gasteiger partial charge in [0.05, 0.1) is 11.4 Å². The molecule has 0 saturated carbocycles. The second-order valence-electron chi connectivity index (χ2n) is 3.97. The van der Waals surface area contributed by atoms with E-state index >= 15 is 0 Å². The number of hydrogen-bond donors (Lipinski definition) is 0. The van der Waals surface area contributed by atoms with Gasteiger partial charge >= 0.3 is 0 Å². The summed E-state index contributed by atoms with van der Waals surface area (Å²) >= 11 is 3.60. The Morgan fingerprint density at radius 1 is 1.53 bits per heavy atom. The smallest absolute Gasteiger partial charge is 0.138 e. The van der Waals surface area contributed by atoms with Gasteiger partial charge in [-0.1, -0.05) is 22.0 Å². The highest BCUT2D eigenvalue weighted by Crippen LogP contribution is 2.16. The third-order valence-electron chi connectivity index (χ3n) is 2.62. The summed E-state index contributed by atoms with van der Waals surface area (Å²) in [6.45, 7) is 1.58. The molecule has 2 aromatic rings. The van der Waals surface area contributed by atoms with Crippen LogP contribution >= 0.6 is 15.9 Å². The molecule has 1 unspecified atom stereocenters. The van der Waals surface area contributed by atoms with Crippen LogP contribution in [0.4, 0.5) is 5.82 Å². The monoisotopic (exact) mass is 297 g/mol. The van der Waals surface area contributed by atoms with Gasteiger partial charge in [0.25, 0.3) is 0 Å². The Kier molecular flexibility index (Phi) is 4.02. The molecular formula is C12H16BrN3O. The number of hydrogen-bond acceptors (Lipinski definition) is 3. The fourth-order valence-electron chi connectivity index (χ4n) is 1.87. The molecule has 2 aromatic heterocycles. The normalized spacial score (nSPS) is 12.9. The van der Waals surface area contributed by atoms with Gasteiger partial charge in [0.1, 0.15) is 11.5 Å². The van der Waals surface area contributed by atoms with E-state index in [1.807, 2.05) is 24.5 Å². The van der Waals surface area contributed by atoms with E-state index in [-0.39, 0.29) is 0 Å². The molecule has 0 radical (unpaired) electrons. The van der Waals surface area contributed by atoms with E-state index in [2.05, 4.69) is 43.3 Å². The van der Waals surface area contributed by atoms with Crippen LogP contribution in [0.1, 0.15) is 0 Å². The van der Waals surface area contributed by atoms with Crippen molar-refractivity contribution in [1.29, 1.82) is 0 Å². The number of pyridine rings is 1. The molecule has 0 saturated heterocycles. The lowest BCUT2D eigenvalue weighted by Crippen LogP contribution is -2.29. The Hall–Kier alpha value is -1.07. The second kappa shape index (κ2) is 5.51. The number of fused-ring (bicyclic) bond motifs is 1. The van der Waals surface area contributed by atoms with Crippen molar-refractivity contribution in [2.45, 2.75) is 4.83 Å². The van der Waals surface area contributed by atoms with Crippen molar-refractivity contribution >= 4 is 27.4 Å². The molecule has 0 spiro atoms. The van der Waals surface area contributed by atoms with Gasteiger partial charge in [0.2, 0.25) is 0 Å². The first-order chi connectivity index (χ1) is 8.22. The van der Waals surface area contributed by atoms with E-state index in [1.54, 1.807) is 7.11 Å². The molecule has 0 bridgehead atoms. The minimum absolute atomic E-state index is 0.316. The lowest BCUT2D eigenvalue weighted by atomic mass is 10.3. The summed E-state index contributed by atoms with van der Waals surface area (Å²) in [6, 6.07) is 6.10. The van der Waals surface area contributed by atoms with Crippen molar-refractivity contribution in [2.24, 2.45) is 0 Å². The highest BCUT2D eigenvalue weighted by molar-refractivity contribution is 9.09. The summed E-state index contributed by atoms with van der Waals surface area (Å²) in [6.07, 6.45) is 3.79. The Labute approximate surface area is 109 Å². The number of alkyl halides is 1. The zero-order chi connectivity index (χ0) is 12.3. The first-order valence-corrected chi connectivity index (χ1v) is 6.40. The van der Waals surface area contributed by atoms with Crippen LogP contribution in [-0.4, -0.2) is 41.5 Å². The minimum atomic E-state index is 0.316. The summed E-state index contributed by atoms with van der Waals surface area (Å²) in [7, 11) is 3.78. The van der Waals surface area contributed by atoms with E-state index in [0.717, 1.165) is 18.0 Å². The van der Waals surface area contributed by atoms with Gasteiger partial charge < -0.3 is 9.64 Å². The van der Waals surface area contributed by atoms with Gasteiger partial charge in [-0.15, -0.1) is 0 Å². The van der Waals surface area contributed by atoms with Gasteiger partial charge in [0, 0.05) is 33.1 Å². The van der Waals surface area contributed by atoms with Crippen molar-refractivity contribution in [1.82, 2.24) is 9.38 Å². The second-order valence-corrected chi connectivity index (χ2v) is 5.27. The predicted molar refractivity (Wildman–Crippen MR) is 73.1 cm³/mol. The fraction of sp³-hybridized carbons (Fsp3) is 0.417. The average molecular weight is 298 g/mol. The summed E-state index contributed by atoms with van der Waals surface area (Å²) in [5.41, 5.74) is 0.965. The van der Waals surface area contributed by atoms with Crippen LogP contribution in [0.5, 0.6) is 0 Å². The molecule has 0 amide bonds. The molecule has 0 aromatic carbocycles. The Morgan fingerprint density at radius 2 is 2.35 bits per heavy atom. The zero-order valence-corrected chi connectivity index (χ0v) is 11.6. The van der Waals surface area contributed by atoms with E-state index in [4.69, 9.17) is 4.74 Å². The fourth-order valence-corrected chi connectivity index (χ4v) is 2.57. The Balaban J connectivity index is 2.18. The minimum Gasteiger partial charge on any atom is -0.383 e. The van der Waals surface area contributed by atoms with Gasteiger partial charge in [-0.25, -0.2) is 4.98 Å². The highest BCUT2D eigenvalue weighted by Gasteiger charge is 2.10. The number of imidazole rings is 1. The van der Waals surface area contributed by atoms with Crippen LogP contribution in [0.2, 0.25) is 0 Å². The maximum absolute atomic E-state index is 5.12. The lowest BCUT2D eigenvalue weighted by molar-refractivity contribution is 0.201. The molecule has 4 nitrogen and oxygen atoms in total. The van der Waals surface area contributed by atoms with E-state index in [9.17, 15) is 0 Å². The van der Waals surface area contributed by atoms with E-state index in [0.29, 0.717) is 11.4 Å². The molecule has 0 fully saturated rings. The number of ether oxygens (including phenoxy) is 1. The third-order valence-corrected chi connectivity index (χ3v) is 3.17. The Morgan fingerprint density at radius 3 is 3.12 bits per heavy atom. The summed E-state index contributed by atoms with van der Waals surface area (Å²) in [5, 5.41) is 0. The molecule has 2 rings (SSSR count). The van der Waals surface area contributed by atoms with E-state index in [1.165, 1.54) is 0 Å². The largest absolute Gasteiger partial charge is 0.383 e. The number of rotatable bonds is 5. The van der Waals surface area contributed by atoms with Crippen LogP contribution in [0.15, 0.2) is 30.6 Å². The zero-order valence-electron chi connectivity index (χ0n) is 10.0. The van der Waals surface area contributed by atoms with Crippen LogP contribution in [-0.2, 0) is 4.74 Å². The first-order valence-electron chi connectivity index (χ1n) is 5.48. The van der Waals surface area contributed by atoms with Crippen molar-refractivity contribution in [3.63, 3.8) is 0 Å². The molecule has 0 aliphatic heterocycles. The molecule has 0 N–H and O–H groups in total. The molecule has 1 atom stereocenters. The van der Waals surface area contributed by atoms with Crippen LogP contribution in [0.25, 0.3) is 5.65 Å². The van der Waals surface area contributed by atoms with Crippen molar-refractivity contribution in [3.05, 3.63) is 30.6 Å². The van der Waals surface area contributed by atoms with Crippen LogP contribution < -0.4 is 4.90 Å². The topological polar surface area (TPSA) is 29.8 Å². The summed E-state index contributed by atoms with van der Waals surface area (Å²) < 4.78 is 7.20. The first kappa shape index (κ1) is 12.4. The average Bonchev–Trinajstić information content (AvgIpc) is 2.76. The standard InChI is InChI=1S/C12H16BrN3O/c1-15(8-10(13)9-17-2)12-5-3-4-11-14-6-7-16(11)12/h3-7,10H,8-9H2,1-2H3. The molecule has 92 valence electrons. The van der Waals surface area contributed by atoms with Crippen molar-refractivity contribution in [2.75, 3.05) is 32.2 Å². The van der Waals surface area contributed by atoms with Crippen LogP contribution in [0, 0.1) is 0 Å². The highest BCUT2D eigenvalue weighted by atomic mass is 79.9. The number of methoxy groups -OCH3 is 1. The predicted octanol–water partition coefficient (Wildman–Crippen LogP) is 2.18. The number of aromatic nitrogens is 2. The lowest BCUT2D eigenvalue weighted by Gasteiger charge is -2.23. The summed E-state index contributed by atoms with van der Waals surface area (Å²) in [5.74, 6) is 1.13.